The Hall–Kier alpha value is -1.21. The second-order valence-electron chi connectivity index (χ2n) is 2.42. The fourth-order valence-corrected chi connectivity index (χ4v) is 1.52. The number of halogens is 1. The van der Waals surface area contributed by atoms with E-state index in [9.17, 15) is 5.11 Å². The van der Waals surface area contributed by atoms with Crippen molar-refractivity contribution in [3.05, 3.63) is 22.2 Å². The van der Waals surface area contributed by atoms with Crippen LogP contribution in [-0.4, -0.2) is 12.2 Å². The highest BCUT2D eigenvalue weighted by Crippen LogP contribution is 2.36. The smallest absolute Gasteiger partial charge is 0.137 e. The summed E-state index contributed by atoms with van der Waals surface area (Å²) in [5, 5.41) is 18.0. The molecule has 0 saturated carbocycles. The first kappa shape index (κ1) is 9.87. The minimum Gasteiger partial charge on any atom is -0.506 e. The zero-order valence-electron chi connectivity index (χ0n) is 7.04. The molecule has 0 saturated heterocycles. The van der Waals surface area contributed by atoms with Gasteiger partial charge in [-0.15, -0.1) is 0 Å². The van der Waals surface area contributed by atoms with Crippen molar-refractivity contribution in [2.24, 2.45) is 0 Å². The summed E-state index contributed by atoms with van der Waals surface area (Å²) in [4.78, 5) is 0. The first-order valence-electron chi connectivity index (χ1n) is 3.62. The van der Waals surface area contributed by atoms with Crippen molar-refractivity contribution < 1.29 is 9.84 Å². The highest BCUT2D eigenvalue weighted by Gasteiger charge is 2.09. The standard InChI is InChI=1S/C9H8BrNO2/c1-13-7-3-2-6(4-5-11)9(12)8(7)10/h2-3,12H,4H2,1H3. The molecular formula is C9H8BrNO2. The summed E-state index contributed by atoms with van der Waals surface area (Å²) >= 11 is 3.18. The molecule has 4 heteroatoms. The molecule has 0 bridgehead atoms. The van der Waals surface area contributed by atoms with Gasteiger partial charge in [-0.05, 0) is 22.0 Å². The SMILES string of the molecule is COc1ccc(CC#N)c(O)c1Br. The van der Waals surface area contributed by atoms with Gasteiger partial charge in [0.05, 0.1) is 19.6 Å². The van der Waals surface area contributed by atoms with E-state index in [1.54, 1.807) is 12.1 Å². The molecule has 0 aliphatic heterocycles. The quantitative estimate of drug-likeness (QED) is 0.865. The predicted octanol–water partition coefficient (Wildman–Crippen LogP) is 2.23. The van der Waals surface area contributed by atoms with E-state index in [1.165, 1.54) is 7.11 Å². The van der Waals surface area contributed by atoms with Crippen LogP contribution < -0.4 is 4.74 Å². The number of benzene rings is 1. The van der Waals surface area contributed by atoms with Crippen molar-refractivity contribution in [2.45, 2.75) is 6.42 Å². The largest absolute Gasteiger partial charge is 0.506 e. The molecule has 1 aromatic rings. The lowest BCUT2D eigenvalue weighted by atomic mass is 10.1. The van der Waals surface area contributed by atoms with Crippen molar-refractivity contribution in [1.29, 1.82) is 5.26 Å². The molecule has 3 nitrogen and oxygen atoms in total. The van der Waals surface area contributed by atoms with Gasteiger partial charge in [-0.25, -0.2) is 0 Å². The Morgan fingerprint density at radius 3 is 2.85 bits per heavy atom. The Morgan fingerprint density at radius 1 is 1.62 bits per heavy atom. The lowest BCUT2D eigenvalue weighted by Crippen LogP contribution is -1.88. The van der Waals surface area contributed by atoms with Gasteiger partial charge in [0.1, 0.15) is 16.0 Å². The number of rotatable bonds is 2. The van der Waals surface area contributed by atoms with Crippen molar-refractivity contribution in [1.82, 2.24) is 0 Å². The summed E-state index contributed by atoms with van der Waals surface area (Å²) < 4.78 is 5.46. The number of phenols is 1. The number of phenolic OH excluding ortho intramolecular Hbond substituents is 1. The molecule has 0 atom stereocenters. The Morgan fingerprint density at radius 2 is 2.31 bits per heavy atom. The number of methoxy groups -OCH3 is 1. The number of ether oxygens (including phenoxy) is 1. The number of nitrogens with zero attached hydrogens (tertiary/aromatic N) is 1. The topological polar surface area (TPSA) is 53.2 Å². The van der Waals surface area contributed by atoms with Gasteiger partial charge in [-0.1, -0.05) is 6.07 Å². The van der Waals surface area contributed by atoms with E-state index in [-0.39, 0.29) is 12.2 Å². The van der Waals surface area contributed by atoms with Crippen molar-refractivity contribution in [3.63, 3.8) is 0 Å². The summed E-state index contributed by atoms with van der Waals surface area (Å²) in [5.74, 6) is 0.625. The molecule has 0 heterocycles. The van der Waals surface area contributed by atoms with Crippen molar-refractivity contribution in [3.8, 4) is 17.6 Å². The summed E-state index contributed by atoms with van der Waals surface area (Å²) in [7, 11) is 1.52. The summed E-state index contributed by atoms with van der Waals surface area (Å²) in [6.45, 7) is 0. The van der Waals surface area contributed by atoms with Gasteiger partial charge < -0.3 is 9.84 Å². The Bertz CT molecular complexity index is 357. The van der Waals surface area contributed by atoms with Gasteiger partial charge >= 0.3 is 0 Å². The molecule has 0 amide bonds. The lowest BCUT2D eigenvalue weighted by molar-refractivity contribution is 0.402. The zero-order valence-corrected chi connectivity index (χ0v) is 8.63. The summed E-state index contributed by atoms with van der Waals surface area (Å²) in [5.41, 5.74) is 0.593. The third kappa shape index (κ3) is 1.93. The minimum absolute atomic E-state index is 0.0703. The zero-order chi connectivity index (χ0) is 9.84. The second-order valence-corrected chi connectivity index (χ2v) is 3.22. The maximum Gasteiger partial charge on any atom is 0.137 e. The average molecular weight is 242 g/mol. The third-order valence-electron chi connectivity index (χ3n) is 1.65. The molecule has 0 aromatic heterocycles. The van der Waals surface area contributed by atoms with Crippen molar-refractivity contribution in [2.75, 3.05) is 7.11 Å². The normalized spacial score (nSPS) is 9.31. The van der Waals surface area contributed by atoms with Gasteiger partial charge in [0.2, 0.25) is 0 Å². The first-order chi connectivity index (χ1) is 6.20. The minimum atomic E-state index is 0.0703. The fourth-order valence-electron chi connectivity index (χ4n) is 0.972. The molecule has 0 radical (unpaired) electrons. The Balaban J connectivity index is 3.17. The van der Waals surface area contributed by atoms with Gasteiger partial charge in [-0.3, -0.25) is 0 Å². The van der Waals surface area contributed by atoms with Crippen LogP contribution >= 0.6 is 15.9 Å². The molecule has 13 heavy (non-hydrogen) atoms. The highest BCUT2D eigenvalue weighted by molar-refractivity contribution is 9.10. The number of hydrogen-bond acceptors (Lipinski definition) is 3. The number of hydrogen-bond donors (Lipinski definition) is 1. The highest BCUT2D eigenvalue weighted by atomic mass is 79.9. The second kappa shape index (κ2) is 4.15. The van der Waals surface area contributed by atoms with E-state index in [1.807, 2.05) is 6.07 Å². The van der Waals surface area contributed by atoms with E-state index in [0.717, 1.165) is 0 Å². The molecule has 0 fully saturated rings. The van der Waals surface area contributed by atoms with Crippen LogP contribution in [0.5, 0.6) is 11.5 Å². The van der Waals surface area contributed by atoms with Gasteiger partial charge in [0.15, 0.2) is 0 Å². The molecule has 0 aliphatic carbocycles. The van der Waals surface area contributed by atoms with E-state index in [4.69, 9.17) is 10.00 Å². The van der Waals surface area contributed by atoms with Crippen LogP contribution in [0.1, 0.15) is 5.56 Å². The molecule has 1 N–H and O–H groups in total. The van der Waals surface area contributed by atoms with E-state index in [2.05, 4.69) is 15.9 Å². The third-order valence-corrected chi connectivity index (χ3v) is 2.42. The van der Waals surface area contributed by atoms with E-state index >= 15 is 0 Å². The lowest BCUT2D eigenvalue weighted by Gasteiger charge is -2.07. The fraction of sp³-hybridized carbons (Fsp3) is 0.222. The van der Waals surface area contributed by atoms with E-state index < -0.39 is 0 Å². The van der Waals surface area contributed by atoms with Crippen LogP contribution in [0.4, 0.5) is 0 Å². The monoisotopic (exact) mass is 241 g/mol. The van der Waals surface area contributed by atoms with Crippen LogP contribution in [0.25, 0.3) is 0 Å². The molecule has 1 aromatic carbocycles. The summed E-state index contributed by atoms with van der Waals surface area (Å²) in [6.07, 6.45) is 0.189. The van der Waals surface area contributed by atoms with E-state index in [0.29, 0.717) is 15.8 Å². The maximum absolute atomic E-state index is 9.56. The Labute approximate surface area is 84.7 Å². The van der Waals surface area contributed by atoms with Crippen LogP contribution in [0.15, 0.2) is 16.6 Å². The number of nitriles is 1. The van der Waals surface area contributed by atoms with Crippen molar-refractivity contribution >= 4 is 15.9 Å². The van der Waals surface area contributed by atoms with Gasteiger partial charge in [-0.2, -0.15) is 5.26 Å². The van der Waals surface area contributed by atoms with Crippen LogP contribution in [-0.2, 0) is 6.42 Å². The van der Waals surface area contributed by atoms with Gasteiger partial charge in [0.25, 0.3) is 0 Å². The molecule has 68 valence electrons. The van der Waals surface area contributed by atoms with Crippen LogP contribution in [0.2, 0.25) is 0 Å². The van der Waals surface area contributed by atoms with Gasteiger partial charge in [0, 0.05) is 5.56 Å². The van der Waals surface area contributed by atoms with Crippen LogP contribution in [0, 0.1) is 11.3 Å². The molecular weight excluding hydrogens is 234 g/mol. The predicted molar refractivity (Wildman–Crippen MR) is 51.7 cm³/mol. The number of aromatic hydroxyl groups is 1. The molecule has 0 spiro atoms. The summed E-state index contributed by atoms with van der Waals surface area (Å²) in [6, 6.07) is 5.34. The molecule has 0 unspecified atom stereocenters. The molecule has 0 aliphatic rings. The maximum atomic E-state index is 9.56. The average Bonchev–Trinajstić information content (AvgIpc) is 2.14. The Kier molecular flexibility index (Phi) is 3.15. The molecule has 1 rings (SSSR count). The first-order valence-corrected chi connectivity index (χ1v) is 4.41. The van der Waals surface area contributed by atoms with Crippen LogP contribution in [0.3, 0.4) is 0 Å².